The lowest BCUT2D eigenvalue weighted by molar-refractivity contribution is -0.140. The Bertz CT molecular complexity index is 996. The number of hydrogen-bond donors (Lipinski definition) is 1. The van der Waals surface area contributed by atoms with Gasteiger partial charge in [-0.2, -0.15) is 0 Å². The van der Waals surface area contributed by atoms with Crippen LogP contribution in [-0.2, 0) is 14.3 Å². The molecule has 1 fully saturated rings. The Hall–Kier alpha value is -3.32. The lowest BCUT2D eigenvalue weighted by Gasteiger charge is -2.26. The minimum absolute atomic E-state index is 0.00838. The van der Waals surface area contributed by atoms with Crippen molar-refractivity contribution in [1.82, 2.24) is 4.90 Å². The van der Waals surface area contributed by atoms with Crippen LogP contribution >= 0.6 is 0 Å². The van der Waals surface area contributed by atoms with Crippen LogP contribution in [0.25, 0.3) is 5.76 Å². The lowest BCUT2D eigenvalue weighted by Crippen LogP contribution is -2.33. The van der Waals surface area contributed by atoms with Crippen LogP contribution in [0.15, 0.2) is 54.1 Å². The molecule has 1 heterocycles. The second-order valence-corrected chi connectivity index (χ2v) is 7.65. The Balaban J connectivity index is 2.07. The molecule has 0 aromatic heterocycles. The van der Waals surface area contributed by atoms with Gasteiger partial charge in [-0.1, -0.05) is 12.1 Å². The van der Waals surface area contributed by atoms with E-state index in [1.54, 1.807) is 55.6 Å². The van der Waals surface area contributed by atoms with E-state index in [1.165, 1.54) is 4.90 Å². The minimum Gasteiger partial charge on any atom is -0.507 e. The molecule has 1 atom stereocenters. The number of ketones is 1. The van der Waals surface area contributed by atoms with Gasteiger partial charge in [0, 0.05) is 12.1 Å². The van der Waals surface area contributed by atoms with Crippen LogP contribution in [0.3, 0.4) is 0 Å². The van der Waals surface area contributed by atoms with Crippen LogP contribution in [0.4, 0.5) is 0 Å². The Morgan fingerprint density at radius 2 is 1.81 bits per heavy atom. The largest absolute Gasteiger partial charge is 0.507 e. The van der Waals surface area contributed by atoms with Crippen molar-refractivity contribution in [2.24, 2.45) is 0 Å². The predicted molar refractivity (Wildman–Crippen MR) is 121 cm³/mol. The highest BCUT2D eigenvalue weighted by atomic mass is 16.5. The summed E-state index contributed by atoms with van der Waals surface area (Å²) in [7, 11) is 1.55. The zero-order valence-corrected chi connectivity index (χ0v) is 18.8. The number of benzene rings is 2. The van der Waals surface area contributed by atoms with E-state index in [1.807, 2.05) is 20.8 Å². The van der Waals surface area contributed by atoms with Gasteiger partial charge in [-0.15, -0.1) is 0 Å². The molecular formula is C25H29NO6. The molecule has 0 spiro atoms. The van der Waals surface area contributed by atoms with Crippen molar-refractivity contribution < 1.29 is 28.9 Å². The Morgan fingerprint density at radius 1 is 1.09 bits per heavy atom. The van der Waals surface area contributed by atoms with Gasteiger partial charge in [0.05, 0.1) is 38.0 Å². The normalized spacial score (nSPS) is 17.8. The quantitative estimate of drug-likeness (QED) is 0.362. The fraction of sp³-hybridized carbons (Fsp3) is 0.360. The molecule has 0 radical (unpaired) electrons. The van der Waals surface area contributed by atoms with Crippen molar-refractivity contribution in [2.75, 3.05) is 26.9 Å². The van der Waals surface area contributed by atoms with Gasteiger partial charge in [0.1, 0.15) is 17.3 Å². The van der Waals surface area contributed by atoms with Crippen molar-refractivity contribution in [2.45, 2.75) is 32.9 Å². The van der Waals surface area contributed by atoms with E-state index in [2.05, 4.69) is 0 Å². The molecule has 0 bridgehead atoms. The zero-order chi connectivity index (χ0) is 23.3. The second kappa shape index (κ2) is 10.3. The number of carbonyl (C=O) groups is 2. The summed E-state index contributed by atoms with van der Waals surface area (Å²) in [5, 5.41) is 11.1. The summed E-state index contributed by atoms with van der Waals surface area (Å²) in [5.41, 5.74) is 1.13. The zero-order valence-electron chi connectivity index (χ0n) is 18.8. The van der Waals surface area contributed by atoms with E-state index in [-0.39, 0.29) is 30.6 Å². The van der Waals surface area contributed by atoms with E-state index in [0.29, 0.717) is 29.2 Å². The Labute approximate surface area is 188 Å². The first-order chi connectivity index (χ1) is 15.4. The maximum atomic E-state index is 13.0. The molecule has 1 saturated heterocycles. The lowest BCUT2D eigenvalue weighted by atomic mass is 9.95. The summed E-state index contributed by atoms with van der Waals surface area (Å²) >= 11 is 0. The molecule has 3 rings (SSSR count). The first kappa shape index (κ1) is 23.3. The molecule has 1 amide bonds. The highest BCUT2D eigenvalue weighted by Gasteiger charge is 2.46. The third kappa shape index (κ3) is 4.94. The van der Waals surface area contributed by atoms with Gasteiger partial charge in [-0.3, -0.25) is 9.59 Å². The van der Waals surface area contributed by atoms with Crippen LogP contribution in [0, 0.1) is 0 Å². The molecular weight excluding hydrogens is 410 g/mol. The van der Waals surface area contributed by atoms with Crippen LogP contribution < -0.4 is 9.47 Å². The van der Waals surface area contributed by atoms with Crippen molar-refractivity contribution in [3.8, 4) is 11.5 Å². The van der Waals surface area contributed by atoms with Gasteiger partial charge in [0.25, 0.3) is 11.7 Å². The predicted octanol–water partition coefficient (Wildman–Crippen LogP) is 3.94. The number of hydrogen-bond acceptors (Lipinski definition) is 6. The first-order valence-electron chi connectivity index (χ1n) is 10.6. The van der Waals surface area contributed by atoms with Crippen LogP contribution in [0.2, 0.25) is 0 Å². The summed E-state index contributed by atoms with van der Waals surface area (Å²) in [5.74, 6) is -0.384. The number of ether oxygens (including phenoxy) is 3. The van der Waals surface area contributed by atoms with Crippen molar-refractivity contribution in [3.63, 3.8) is 0 Å². The van der Waals surface area contributed by atoms with Crippen LogP contribution in [-0.4, -0.2) is 54.7 Å². The average molecular weight is 440 g/mol. The van der Waals surface area contributed by atoms with E-state index < -0.39 is 17.7 Å². The van der Waals surface area contributed by atoms with Gasteiger partial charge in [0.2, 0.25) is 0 Å². The molecule has 7 nitrogen and oxygen atoms in total. The number of likely N-dealkylation sites (tertiary alicyclic amines) is 1. The standard InChI is InChI=1S/C25H29NO6/c1-5-31-19-11-9-17(10-12-19)23(27)21-22(18-7-6-8-20(15-18)30-4)26(25(29)24(21)28)13-14-32-16(2)3/h6-12,15-16,22,27H,5,13-14H2,1-4H3/b23-21-. The third-order valence-electron chi connectivity index (χ3n) is 5.17. The second-order valence-electron chi connectivity index (χ2n) is 7.65. The molecule has 1 unspecified atom stereocenters. The van der Waals surface area contributed by atoms with Gasteiger partial charge < -0.3 is 24.2 Å². The molecule has 0 saturated carbocycles. The van der Waals surface area contributed by atoms with Crippen LogP contribution in [0.5, 0.6) is 11.5 Å². The number of amides is 1. The van der Waals surface area contributed by atoms with E-state index in [9.17, 15) is 14.7 Å². The van der Waals surface area contributed by atoms with Crippen molar-refractivity contribution >= 4 is 17.4 Å². The van der Waals surface area contributed by atoms with E-state index in [0.717, 1.165) is 0 Å². The van der Waals surface area contributed by atoms with Crippen molar-refractivity contribution in [1.29, 1.82) is 0 Å². The number of rotatable bonds is 9. The van der Waals surface area contributed by atoms with Gasteiger partial charge in [-0.25, -0.2) is 0 Å². The summed E-state index contributed by atoms with van der Waals surface area (Å²) in [6.45, 7) is 6.69. The summed E-state index contributed by atoms with van der Waals surface area (Å²) < 4.78 is 16.4. The maximum absolute atomic E-state index is 13.0. The highest BCUT2D eigenvalue weighted by molar-refractivity contribution is 6.46. The number of carbonyl (C=O) groups excluding carboxylic acids is 2. The maximum Gasteiger partial charge on any atom is 0.295 e. The molecule has 1 aliphatic heterocycles. The highest BCUT2D eigenvalue weighted by Crippen LogP contribution is 2.40. The number of aliphatic hydroxyl groups excluding tert-OH is 1. The Morgan fingerprint density at radius 3 is 2.44 bits per heavy atom. The average Bonchev–Trinajstić information content (AvgIpc) is 3.04. The molecule has 32 heavy (non-hydrogen) atoms. The van der Waals surface area contributed by atoms with E-state index >= 15 is 0 Å². The van der Waals surface area contributed by atoms with Gasteiger partial charge in [-0.05, 0) is 62.7 Å². The summed E-state index contributed by atoms with van der Waals surface area (Å²) in [6.07, 6.45) is -0.00838. The SMILES string of the molecule is CCOc1ccc(/C(O)=C2/C(=O)C(=O)N(CCOC(C)C)C2c2cccc(OC)c2)cc1. The number of nitrogens with zero attached hydrogens (tertiary/aromatic N) is 1. The molecule has 1 N–H and O–H groups in total. The van der Waals surface area contributed by atoms with Crippen molar-refractivity contribution in [3.05, 3.63) is 65.2 Å². The monoisotopic (exact) mass is 439 g/mol. The summed E-state index contributed by atoms with van der Waals surface area (Å²) in [6, 6.07) is 13.1. The van der Waals surface area contributed by atoms with Crippen LogP contribution in [0.1, 0.15) is 37.9 Å². The fourth-order valence-corrected chi connectivity index (χ4v) is 3.69. The van der Waals surface area contributed by atoms with Gasteiger partial charge in [0.15, 0.2) is 0 Å². The number of aliphatic hydroxyl groups is 1. The van der Waals surface area contributed by atoms with E-state index in [4.69, 9.17) is 14.2 Å². The van der Waals surface area contributed by atoms with Gasteiger partial charge >= 0.3 is 0 Å². The molecule has 1 aliphatic rings. The molecule has 170 valence electrons. The Kier molecular flexibility index (Phi) is 7.53. The topological polar surface area (TPSA) is 85.3 Å². The number of Topliss-reactive ketones (excluding diaryl/α,β-unsaturated/α-hetero) is 1. The fourth-order valence-electron chi connectivity index (χ4n) is 3.69. The molecule has 2 aromatic carbocycles. The minimum atomic E-state index is -0.757. The first-order valence-corrected chi connectivity index (χ1v) is 10.6. The molecule has 7 heteroatoms. The summed E-state index contributed by atoms with van der Waals surface area (Å²) in [4.78, 5) is 27.4. The molecule has 2 aromatic rings. The third-order valence-corrected chi connectivity index (χ3v) is 5.17. The number of methoxy groups -OCH3 is 1. The smallest absolute Gasteiger partial charge is 0.295 e. The molecule has 0 aliphatic carbocycles.